The van der Waals surface area contributed by atoms with Gasteiger partial charge < -0.3 is 18.8 Å². The molecule has 2 aliphatic rings. The first-order valence-corrected chi connectivity index (χ1v) is 10.4. The number of para-hydroxylation sites is 1. The van der Waals surface area contributed by atoms with Crippen LogP contribution in [-0.2, 0) is 4.74 Å². The molecule has 3 heterocycles. The molecular weight excluding hydrogens is 382 g/mol. The zero-order valence-electron chi connectivity index (χ0n) is 16.8. The van der Waals surface area contributed by atoms with Crippen LogP contribution in [-0.4, -0.2) is 36.7 Å². The first-order valence-electron chi connectivity index (χ1n) is 10.4. The van der Waals surface area contributed by atoms with Crippen molar-refractivity contribution in [2.45, 2.75) is 31.9 Å². The van der Waals surface area contributed by atoms with Crippen LogP contribution in [0.25, 0.3) is 11.0 Å². The van der Waals surface area contributed by atoms with Gasteiger partial charge >= 0.3 is 0 Å². The lowest BCUT2D eigenvalue weighted by atomic mass is 9.98. The van der Waals surface area contributed by atoms with Crippen LogP contribution in [0.4, 0.5) is 0 Å². The third kappa shape index (κ3) is 3.08. The fourth-order valence-corrected chi connectivity index (χ4v) is 4.45. The highest BCUT2D eigenvalue weighted by Gasteiger charge is 2.44. The van der Waals surface area contributed by atoms with Gasteiger partial charge in [-0.1, -0.05) is 24.3 Å². The summed E-state index contributed by atoms with van der Waals surface area (Å²) in [6, 6.07) is 14.1. The Morgan fingerprint density at radius 2 is 2.00 bits per heavy atom. The van der Waals surface area contributed by atoms with E-state index in [1.165, 1.54) is 0 Å². The van der Waals surface area contributed by atoms with Crippen molar-refractivity contribution in [3.8, 4) is 5.75 Å². The molecule has 5 rings (SSSR count). The largest absolute Gasteiger partial charge is 0.494 e. The Kier molecular flexibility index (Phi) is 4.79. The van der Waals surface area contributed by atoms with E-state index in [4.69, 9.17) is 13.9 Å². The van der Waals surface area contributed by atoms with Gasteiger partial charge in [0.1, 0.15) is 11.3 Å². The minimum absolute atomic E-state index is 0.0367. The summed E-state index contributed by atoms with van der Waals surface area (Å²) >= 11 is 0. The molecule has 6 heteroatoms. The second-order valence-corrected chi connectivity index (χ2v) is 7.67. The molecular formula is C24H23NO5. The Balaban J connectivity index is 1.68. The monoisotopic (exact) mass is 405 g/mol. The zero-order chi connectivity index (χ0) is 20.7. The number of fused-ring (bicyclic) bond motifs is 2. The minimum Gasteiger partial charge on any atom is -0.494 e. The third-order valence-electron chi connectivity index (χ3n) is 5.78. The number of nitrogens with zero attached hydrogens (tertiary/aromatic N) is 1. The Morgan fingerprint density at radius 3 is 2.80 bits per heavy atom. The summed E-state index contributed by atoms with van der Waals surface area (Å²) < 4.78 is 17.4. The summed E-state index contributed by atoms with van der Waals surface area (Å²) in [6.45, 7) is 3.58. The normalized spacial score (nSPS) is 20.7. The topological polar surface area (TPSA) is 69.0 Å². The zero-order valence-corrected chi connectivity index (χ0v) is 16.8. The van der Waals surface area contributed by atoms with E-state index in [0.29, 0.717) is 42.0 Å². The van der Waals surface area contributed by atoms with Gasteiger partial charge in [-0.15, -0.1) is 0 Å². The fourth-order valence-electron chi connectivity index (χ4n) is 4.45. The van der Waals surface area contributed by atoms with Gasteiger partial charge in [0.05, 0.1) is 29.7 Å². The Hall–Kier alpha value is -3.12. The molecule has 30 heavy (non-hydrogen) atoms. The van der Waals surface area contributed by atoms with Crippen LogP contribution in [0, 0.1) is 0 Å². The maximum absolute atomic E-state index is 13.4. The molecule has 0 N–H and O–H groups in total. The van der Waals surface area contributed by atoms with E-state index in [9.17, 15) is 9.59 Å². The van der Waals surface area contributed by atoms with Gasteiger partial charge in [0, 0.05) is 13.2 Å². The van der Waals surface area contributed by atoms with E-state index >= 15 is 0 Å². The van der Waals surface area contributed by atoms with Crippen molar-refractivity contribution >= 4 is 16.9 Å². The highest BCUT2D eigenvalue weighted by molar-refractivity contribution is 5.99. The highest BCUT2D eigenvalue weighted by Crippen LogP contribution is 2.39. The number of hydrogen-bond donors (Lipinski definition) is 0. The van der Waals surface area contributed by atoms with E-state index in [0.717, 1.165) is 18.4 Å². The lowest BCUT2D eigenvalue weighted by Crippen LogP contribution is -2.36. The smallest absolute Gasteiger partial charge is 0.291 e. The molecule has 2 aromatic carbocycles. The molecule has 1 aromatic heterocycles. The van der Waals surface area contributed by atoms with Crippen molar-refractivity contribution in [1.29, 1.82) is 0 Å². The van der Waals surface area contributed by atoms with Gasteiger partial charge in [0.2, 0.25) is 5.76 Å². The van der Waals surface area contributed by atoms with E-state index in [-0.39, 0.29) is 23.2 Å². The summed E-state index contributed by atoms with van der Waals surface area (Å²) in [7, 11) is 0. The molecule has 1 fully saturated rings. The number of benzene rings is 2. The molecule has 0 bridgehead atoms. The van der Waals surface area contributed by atoms with Crippen molar-refractivity contribution < 1.29 is 18.7 Å². The summed E-state index contributed by atoms with van der Waals surface area (Å²) in [4.78, 5) is 28.5. The van der Waals surface area contributed by atoms with Crippen LogP contribution in [0.2, 0.25) is 0 Å². The van der Waals surface area contributed by atoms with Crippen LogP contribution in [0.3, 0.4) is 0 Å². The maximum Gasteiger partial charge on any atom is 0.291 e. The number of carbonyl (C=O) groups is 1. The molecule has 0 unspecified atom stereocenters. The number of hydrogen-bond acceptors (Lipinski definition) is 5. The molecule has 0 radical (unpaired) electrons. The second-order valence-electron chi connectivity index (χ2n) is 7.67. The molecule has 6 nitrogen and oxygen atoms in total. The van der Waals surface area contributed by atoms with Crippen LogP contribution < -0.4 is 10.2 Å². The molecule has 0 spiro atoms. The molecule has 1 amide bonds. The lowest BCUT2D eigenvalue weighted by Gasteiger charge is -2.27. The van der Waals surface area contributed by atoms with Gasteiger partial charge in [0.15, 0.2) is 5.43 Å². The van der Waals surface area contributed by atoms with E-state index in [1.54, 1.807) is 29.2 Å². The minimum atomic E-state index is -0.530. The van der Waals surface area contributed by atoms with Gasteiger partial charge in [-0.3, -0.25) is 9.59 Å². The van der Waals surface area contributed by atoms with Gasteiger partial charge in [-0.05, 0) is 49.6 Å². The maximum atomic E-state index is 13.4. The molecule has 2 atom stereocenters. The van der Waals surface area contributed by atoms with Crippen LogP contribution in [0.15, 0.2) is 57.7 Å². The van der Waals surface area contributed by atoms with E-state index < -0.39 is 6.04 Å². The Morgan fingerprint density at radius 1 is 1.13 bits per heavy atom. The van der Waals surface area contributed by atoms with Gasteiger partial charge in [0.25, 0.3) is 5.91 Å². The van der Waals surface area contributed by atoms with Crippen molar-refractivity contribution in [2.75, 3.05) is 19.8 Å². The fraction of sp³-hybridized carbons (Fsp3) is 0.333. The lowest BCUT2D eigenvalue weighted by molar-refractivity contribution is 0.0486. The number of carbonyl (C=O) groups excluding carboxylic acids is 1. The summed E-state index contributed by atoms with van der Waals surface area (Å²) in [6.07, 6.45) is 1.84. The second kappa shape index (κ2) is 7.61. The van der Waals surface area contributed by atoms with E-state index in [1.807, 2.05) is 31.2 Å². The van der Waals surface area contributed by atoms with Gasteiger partial charge in [-0.25, -0.2) is 0 Å². The van der Waals surface area contributed by atoms with Crippen molar-refractivity contribution in [2.24, 2.45) is 0 Å². The summed E-state index contributed by atoms with van der Waals surface area (Å²) in [5, 5.41) is 0.481. The predicted molar refractivity (Wildman–Crippen MR) is 112 cm³/mol. The summed E-state index contributed by atoms with van der Waals surface area (Å²) in [5.74, 6) is 0.566. The molecule has 154 valence electrons. The standard InChI is InChI=1S/C24H23NO5/c1-2-28-16-8-5-7-15(13-16)21-20-22(26)18-10-3-4-11-19(18)30-23(20)24(27)25(21)14-17-9-6-12-29-17/h3-5,7-8,10-11,13,17,21H,2,6,9,12,14H2,1H3/t17-,21-/m1/s1. The predicted octanol–water partition coefficient (Wildman–Crippen LogP) is 3.92. The number of amides is 1. The van der Waals surface area contributed by atoms with Crippen molar-refractivity contribution in [1.82, 2.24) is 4.90 Å². The molecule has 1 saturated heterocycles. The third-order valence-corrected chi connectivity index (χ3v) is 5.78. The number of rotatable bonds is 5. The van der Waals surface area contributed by atoms with Crippen molar-refractivity contribution in [3.63, 3.8) is 0 Å². The number of ether oxygens (including phenoxy) is 2. The average Bonchev–Trinajstić information content (AvgIpc) is 3.37. The first-order chi connectivity index (χ1) is 14.7. The quantitative estimate of drug-likeness (QED) is 0.644. The van der Waals surface area contributed by atoms with Crippen LogP contribution in [0.1, 0.15) is 47.5 Å². The summed E-state index contributed by atoms with van der Waals surface area (Å²) in [5.41, 5.74) is 1.48. The molecule has 3 aromatic rings. The average molecular weight is 405 g/mol. The van der Waals surface area contributed by atoms with Gasteiger partial charge in [-0.2, -0.15) is 0 Å². The molecule has 0 saturated carbocycles. The van der Waals surface area contributed by atoms with Crippen molar-refractivity contribution in [3.05, 3.63) is 75.6 Å². The molecule has 2 aliphatic heterocycles. The van der Waals surface area contributed by atoms with E-state index in [2.05, 4.69) is 0 Å². The SMILES string of the molecule is CCOc1cccc([C@@H]2c3c(oc4ccccc4c3=O)C(=O)N2C[C@H]2CCCO2)c1. The van der Waals surface area contributed by atoms with Crippen LogP contribution >= 0.6 is 0 Å². The van der Waals surface area contributed by atoms with Crippen LogP contribution in [0.5, 0.6) is 5.75 Å². The molecule has 0 aliphatic carbocycles. The Bertz CT molecular complexity index is 1160. The highest BCUT2D eigenvalue weighted by atomic mass is 16.5. The first kappa shape index (κ1) is 18.9. The Labute approximate surface area is 174 Å².